The Kier molecular flexibility index (Phi) is 6.72. The van der Waals surface area contributed by atoms with Crippen LogP contribution in [0, 0.1) is 13.8 Å². The number of aromatic amines is 1. The average molecular weight is 447 g/mol. The van der Waals surface area contributed by atoms with Gasteiger partial charge in [0.05, 0.1) is 11.4 Å². The van der Waals surface area contributed by atoms with E-state index in [1.54, 1.807) is 18.2 Å². The molecule has 0 spiro atoms. The van der Waals surface area contributed by atoms with Crippen molar-refractivity contribution in [3.05, 3.63) is 83.6 Å². The van der Waals surface area contributed by atoms with Gasteiger partial charge in [0.1, 0.15) is 23.1 Å². The molecule has 162 valence electrons. The topological polar surface area (TPSA) is 93.0 Å². The number of carbonyl (C=O) groups is 1. The monoisotopic (exact) mass is 446 g/mol. The SMILES string of the molecule is Cc1ccc(Oc2ccccc2NC(=O)CSc2n[nH]c(/C=C/c3ccc(C)o3)n2)cc1. The molecule has 4 aromatic rings. The summed E-state index contributed by atoms with van der Waals surface area (Å²) in [6.07, 6.45) is 3.58. The maximum Gasteiger partial charge on any atom is 0.234 e. The maximum atomic E-state index is 12.5. The number of para-hydroxylation sites is 2. The van der Waals surface area contributed by atoms with Crippen molar-refractivity contribution in [3.63, 3.8) is 0 Å². The molecule has 2 heterocycles. The van der Waals surface area contributed by atoms with Crippen molar-refractivity contribution in [2.45, 2.75) is 19.0 Å². The standard InChI is InChI=1S/C24H22N4O3S/c1-16-7-10-19(11-8-16)31-21-6-4-3-5-20(21)25-23(29)15-32-24-26-22(27-28-24)14-13-18-12-9-17(2)30-18/h3-14H,15H2,1-2H3,(H,25,29)(H,26,27,28)/b14-13+. The third kappa shape index (κ3) is 5.89. The molecule has 0 fully saturated rings. The highest BCUT2D eigenvalue weighted by molar-refractivity contribution is 7.99. The molecule has 32 heavy (non-hydrogen) atoms. The molecular weight excluding hydrogens is 424 g/mol. The van der Waals surface area contributed by atoms with Gasteiger partial charge in [-0.3, -0.25) is 9.89 Å². The number of thioether (sulfide) groups is 1. The number of amides is 1. The molecule has 0 aliphatic carbocycles. The number of aryl methyl sites for hydroxylation is 2. The molecule has 8 heteroatoms. The second kappa shape index (κ2) is 10.0. The molecule has 7 nitrogen and oxygen atoms in total. The van der Waals surface area contributed by atoms with Crippen LogP contribution in [0.15, 0.2) is 70.2 Å². The summed E-state index contributed by atoms with van der Waals surface area (Å²) in [5.41, 5.74) is 1.75. The number of furan rings is 1. The first-order valence-electron chi connectivity index (χ1n) is 9.98. The van der Waals surface area contributed by atoms with Crippen LogP contribution in [0.1, 0.15) is 22.9 Å². The molecule has 0 atom stereocenters. The van der Waals surface area contributed by atoms with Crippen LogP contribution in [0.2, 0.25) is 0 Å². The van der Waals surface area contributed by atoms with Crippen molar-refractivity contribution in [2.24, 2.45) is 0 Å². The van der Waals surface area contributed by atoms with Crippen LogP contribution in [-0.4, -0.2) is 26.8 Å². The van der Waals surface area contributed by atoms with E-state index in [4.69, 9.17) is 9.15 Å². The Bertz CT molecular complexity index is 1230. The molecule has 4 rings (SSSR count). The van der Waals surface area contributed by atoms with E-state index in [0.29, 0.717) is 28.2 Å². The maximum absolute atomic E-state index is 12.5. The first-order valence-corrected chi connectivity index (χ1v) is 11.0. The van der Waals surface area contributed by atoms with Crippen LogP contribution in [-0.2, 0) is 4.79 Å². The van der Waals surface area contributed by atoms with Crippen molar-refractivity contribution in [2.75, 3.05) is 11.1 Å². The molecule has 0 bridgehead atoms. The predicted octanol–water partition coefficient (Wildman–Crippen LogP) is 5.71. The van der Waals surface area contributed by atoms with E-state index < -0.39 is 0 Å². The van der Waals surface area contributed by atoms with E-state index in [1.165, 1.54) is 11.8 Å². The minimum absolute atomic E-state index is 0.164. The van der Waals surface area contributed by atoms with Gasteiger partial charge < -0.3 is 14.5 Å². The molecule has 2 aromatic heterocycles. The second-order valence-corrected chi connectivity index (χ2v) is 7.98. The van der Waals surface area contributed by atoms with Gasteiger partial charge in [0.15, 0.2) is 5.75 Å². The number of nitrogens with one attached hydrogen (secondary N) is 2. The van der Waals surface area contributed by atoms with E-state index >= 15 is 0 Å². The van der Waals surface area contributed by atoms with Gasteiger partial charge in [-0.2, -0.15) is 0 Å². The van der Waals surface area contributed by atoms with Crippen LogP contribution in [0.4, 0.5) is 5.69 Å². The van der Waals surface area contributed by atoms with Gasteiger partial charge in [0.25, 0.3) is 0 Å². The molecule has 0 aliphatic rings. The number of H-pyrrole nitrogens is 1. The summed E-state index contributed by atoms with van der Waals surface area (Å²) in [6, 6.07) is 18.8. The van der Waals surface area contributed by atoms with Crippen molar-refractivity contribution in [1.29, 1.82) is 0 Å². The molecule has 0 saturated carbocycles. The van der Waals surface area contributed by atoms with Gasteiger partial charge in [0, 0.05) is 0 Å². The Morgan fingerprint density at radius 1 is 1.09 bits per heavy atom. The zero-order valence-electron chi connectivity index (χ0n) is 17.7. The van der Waals surface area contributed by atoms with Crippen LogP contribution < -0.4 is 10.1 Å². The van der Waals surface area contributed by atoms with Crippen molar-refractivity contribution in [1.82, 2.24) is 15.2 Å². The van der Waals surface area contributed by atoms with Gasteiger partial charge in [0.2, 0.25) is 11.1 Å². The Morgan fingerprint density at radius 2 is 1.91 bits per heavy atom. The van der Waals surface area contributed by atoms with Crippen LogP contribution in [0.5, 0.6) is 11.5 Å². The number of carbonyl (C=O) groups excluding carboxylic acids is 1. The van der Waals surface area contributed by atoms with E-state index in [1.807, 2.05) is 68.4 Å². The van der Waals surface area contributed by atoms with Gasteiger partial charge in [-0.15, -0.1) is 5.10 Å². The number of aromatic nitrogens is 3. The van der Waals surface area contributed by atoms with Crippen molar-refractivity contribution in [3.8, 4) is 11.5 Å². The molecule has 0 aliphatic heterocycles. The second-order valence-electron chi connectivity index (χ2n) is 7.03. The van der Waals surface area contributed by atoms with Crippen molar-refractivity contribution >= 4 is 35.5 Å². The zero-order chi connectivity index (χ0) is 22.3. The highest BCUT2D eigenvalue weighted by atomic mass is 32.2. The minimum Gasteiger partial charge on any atom is -0.462 e. The average Bonchev–Trinajstić information content (AvgIpc) is 3.42. The van der Waals surface area contributed by atoms with Gasteiger partial charge in [-0.1, -0.05) is 41.6 Å². The fourth-order valence-electron chi connectivity index (χ4n) is 2.81. The molecule has 2 aromatic carbocycles. The Morgan fingerprint density at radius 3 is 2.69 bits per heavy atom. The third-order valence-corrected chi connectivity index (χ3v) is 5.24. The smallest absolute Gasteiger partial charge is 0.234 e. The lowest BCUT2D eigenvalue weighted by Gasteiger charge is -2.12. The van der Waals surface area contributed by atoms with Crippen LogP contribution in [0.3, 0.4) is 0 Å². The zero-order valence-corrected chi connectivity index (χ0v) is 18.5. The summed E-state index contributed by atoms with van der Waals surface area (Å²) < 4.78 is 11.4. The molecular formula is C24H22N4O3S. The highest BCUT2D eigenvalue weighted by Crippen LogP contribution is 2.29. The number of rotatable bonds is 8. The summed E-state index contributed by atoms with van der Waals surface area (Å²) in [7, 11) is 0. The van der Waals surface area contributed by atoms with Crippen LogP contribution in [0.25, 0.3) is 12.2 Å². The lowest BCUT2D eigenvalue weighted by molar-refractivity contribution is -0.113. The van der Waals surface area contributed by atoms with Crippen molar-refractivity contribution < 1.29 is 13.9 Å². The summed E-state index contributed by atoms with van der Waals surface area (Å²) >= 11 is 1.24. The minimum atomic E-state index is -0.178. The van der Waals surface area contributed by atoms with E-state index in [-0.39, 0.29) is 11.7 Å². The number of hydrogen-bond acceptors (Lipinski definition) is 6. The quantitative estimate of drug-likeness (QED) is 0.337. The molecule has 1 amide bonds. The fourth-order valence-corrected chi connectivity index (χ4v) is 3.42. The van der Waals surface area contributed by atoms with Gasteiger partial charge in [-0.25, -0.2) is 4.98 Å². The summed E-state index contributed by atoms with van der Waals surface area (Å²) in [4.78, 5) is 16.8. The molecule has 2 N–H and O–H groups in total. The van der Waals surface area contributed by atoms with Gasteiger partial charge in [-0.05, 0) is 62.4 Å². The molecule has 0 radical (unpaired) electrons. The highest BCUT2D eigenvalue weighted by Gasteiger charge is 2.11. The predicted molar refractivity (Wildman–Crippen MR) is 126 cm³/mol. The van der Waals surface area contributed by atoms with E-state index in [0.717, 1.165) is 17.1 Å². The number of benzene rings is 2. The molecule has 0 unspecified atom stereocenters. The largest absolute Gasteiger partial charge is 0.462 e. The summed E-state index contributed by atoms with van der Waals surface area (Å²) in [5.74, 6) is 3.43. The fraction of sp³-hybridized carbons (Fsp3) is 0.125. The normalized spacial score (nSPS) is 11.1. The number of nitrogens with zero attached hydrogens (tertiary/aromatic N) is 2. The lowest BCUT2D eigenvalue weighted by atomic mass is 10.2. The van der Waals surface area contributed by atoms with Crippen LogP contribution >= 0.6 is 11.8 Å². The lowest BCUT2D eigenvalue weighted by Crippen LogP contribution is -2.14. The third-order valence-electron chi connectivity index (χ3n) is 4.39. The Balaban J connectivity index is 1.32. The van der Waals surface area contributed by atoms with E-state index in [9.17, 15) is 4.79 Å². The van der Waals surface area contributed by atoms with E-state index in [2.05, 4.69) is 20.5 Å². The Hall–Kier alpha value is -3.78. The number of anilines is 1. The summed E-state index contributed by atoms with van der Waals surface area (Å²) in [6.45, 7) is 3.90. The first kappa shape index (κ1) is 21.5. The molecule has 0 saturated heterocycles. The Labute approximate surface area is 189 Å². The number of ether oxygens (including phenoxy) is 1. The summed E-state index contributed by atoms with van der Waals surface area (Å²) in [5, 5.41) is 10.3. The number of hydrogen-bond donors (Lipinski definition) is 2. The van der Waals surface area contributed by atoms with Gasteiger partial charge >= 0.3 is 0 Å². The first-order chi connectivity index (χ1) is 15.5.